The van der Waals surface area contributed by atoms with Crippen LogP contribution in [0.4, 0.5) is 0 Å². The van der Waals surface area contributed by atoms with Gasteiger partial charge in [0, 0.05) is 12.1 Å². The number of amides is 1. The van der Waals surface area contributed by atoms with Crippen LogP contribution in [0.3, 0.4) is 0 Å². The van der Waals surface area contributed by atoms with Crippen LogP contribution >= 0.6 is 0 Å². The standard InChI is InChI=1S/C18H27NO4/c1-12(2)9-15(18(21)22)11-19-17(20)10-14-7-5-6-8-16(14)23-13(3)4/h5-8,12-13,15H,9-11H2,1-4H3,(H,19,20)(H,21,22). The first-order valence-corrected chi connectivity index (χ1v) is 8.03. The molecule has 1 aromatic carbocycles. The Morgan fingerprint density at radius 3 is 2.39 bits per heavy atom. The fourth-order valence-corrected chi connectivity index (χ4v) is 2.33. The van der Waals surface area contributed by atoms with Gasteiger partial charge in [0.05, 0.1) is 18.4 Å². The van der Waals surface area contributed by atoms with Gasteiger partial charge in [-0.25, -0.2) is 0 Å². The maximum Gasteiger partial charge on any atom is 0.308 e. The van der Waals surface area contributed by atoms with E-state index in [2.05, 4.69) is 5.32 Å². The highest BCUT2D eigenvalue weighted by atomic mass is 16.5. The van der Waals surface area contributed by atoms with E-state index in [0.717, 1.165) is 5.56 Å². The second-order valence-electron chi connectivity index (χ2n) is 6.42. The minimum atomic E-state index is -0.873. The molecule has 1 atom stereocenters. The summed E-state index contributed by atoms with van der Waals surface area (Å²) in [7, 11) is 0. The number of carboxylic acids is 1. The molecule has 0 saturated heterocycles. The molecule has 1 aromatic rings. The van der Waals surface area contributed by atoms with Gasteiger partial charge in [0.2, 0.25) is 5.91 Å². The second kappa shape index (κ2) is 9.18. The summed E-state index contributed by atoms with van der Waals surface area (Å²) in [5.74, 6) is -0.661. The molecule has 128 valence electrons. The van der Waals surface area contributed by atoms with Crippen molar-refractivity contribution in [3.63, 3.8) is 0 Å². The molecule has 1 amide bonds. The topological polar surface area (TPSA) is 75.6 Å². The quantitative estimate of drug-likeness (QED) is 0.733. The lowest BCUT2D eigenvalue weighted by Gasteiger charge is -2.16. The number of carboxylic acid groups (broad SMARTS) is 1. The number of hydrogen-bond acceptors (Lipinski definition) is 3. The molecule has 1 unspecified atom stereocenters. The van der Waals surface area contributed by atoms with E-state index in [1.54, 1.807) is 0 Å². The molecular formula is C18H27NO4. The van der Waals surface area contributed by atoms with E-state index in [9.17, 15) is 14.7 Å². The van der Waals surface area contributed by atoms with Gasteiger partial charge in [0.15, 0.2) is 0 Å². The highest BCUT2D eigenvalue weighted by Crippen LogP contribution is 2.20. The summed E-state index contributed by atoms with van der Waals surface area (Å²) in [5.41, 5.74) is 0.800. The lowest BCUT2D eigenvalue weighted by atomic mass is 9.97. The lowest BCUT2D eigenvalue weighted by Crippen LogP contribution is -2.34. The fraction of sp³-hybridized carbons (Fsp3) is 0.556. The highest BCUT2D eigenvalue weighted by Gasteiger charge is 2.20. The molecule has 0 saturated carbocycles. The van der Waals surface area contributed by atoms with Crippen LogP contribution in [0.1, 0.15) is 39.7 Å². The Morgan fingerprint density at radius 2 is 1.83 bits per heavy atom. The van der Waals surface area contributed by atoms with Gasteiger partial charge >= 0.3 is 5.97 Å². The van der Waals surface area contributed by atoms with Crippen molar-refractivity contribution in [2.45, 2.75) is 46.6 Å². The van der Waals surface area contributed by atoms with E-state index in [1.807, 2.05) is 52.0 Å². The molecule has 1 rings (SSSR count). The van der Waals surface area contributed by atoms with Crippen molar-refractivity contribution in [1.82, 2.24) is 5.32 Å². The van der Waals surface area contributed by atoms with E-state index in [1.165, 1.54) is 0 Å². The van der Waals surface area contributed by atoms with Crippen LogP contribution in [0.15, 0.2) is 24.3 Å². The van der Waals surface area contributed by atoms with Crippen LogP contribution in [-0.4, -0.2) is 29.6 Å². The smallest absolute Gasteiger partial charge is 0.308 e. The molecule has 0 fully saturated rings. The van der Waals surface area contributed by atoms with Gasteiger partial charge in [-0.3, -0.25) is 9.59 Å². The molecule has 2 N–H and O–H groups in total. The van der Waals surface area contributed by atoms with Crippen molar-refractivity contribution in [1.29, 1.82) is 0 Å². The number of carbonyl (C=O) groups is 2. The van der Waals surface area contributed by atoms with Crippen LogP contribution in [0.25, 0.3) is 0 Å². The molecule has 0 aliphatic carbocycles. The molecule has 0 bridgehead atoms. The first-order chi connectivity index (χ1) is 10.8. The average molecular weight is 321 g/mol. The first-order valence-electron chi connectivity index (χ1n) is 8.03. The number of nitrogens with one attached hydrogen (secondary N) is 1. The van der Waals surface area contributed by atoms with Crippen molar-refractivity contribution in [3.8, 4) is 5.75 Å². The Labute approximate surface area is 138 Å². The minimum Gasteiger partial charge on any atom is -0.491 e. The van der Waals surface area contributed by atoms with Crippen LogP contribution < -0.4 is 10.1 Å². The largest absolute Gasteiger partial charge is 0.491 e. The number of hydrogen-bond donors (Lipinski definition) is 2. The zero-order valence-electron chi connectivity index (χ0n) is 14.3. The summed E-state index contributed by atoms with van der Waals surface area (Å²) < 4.78 is 5.69. The van der Waals surface area contributed by atoms with Gasteiger partial charge in [0.1, 0.15) is 5.75 Å². The van der Waals surface area contributed by atoms with E-state index >= 15 is 0 Å². The molecule has 0 radical (unpaired) electrons. The predicted octanol–water partition coefficient (Wildman–Crippen LogP) is 2.88. The van der Waals surface area contributed by atoms with Gasteiger partial charge in [-0.2, -0.15) is 0 Å². The summed E-state index contributed by atoms with van der Waals surface area (Å²) in [6.07, 6.45) is 0.751. The average Bonchev–Trinajstić information content (AvgIpc) is 2.44. The third-order valence-corrected chi connectivity index (χ3v) is 3.34. The number of ether oxygens (including phenoxy) is 1. The van der Waals surface area contributed by atoms with Crippen LogP contribution in [0.5, 0.6) is 5.75 Å². The van der Waals surface area contributed by atoms with E-state index in [4.69, 9.17) is 4.74 Å². The van der Waals surface area contributed by atoms with Crippen molar-refractivity contribution in [2.75, 3.05) is 6.54 Å². The zero-order chi connectivity index (χ0) is 17.4. The van der Waals surface area contributed by atoms with Crippen LogP contribution in [0.2, 0.25) is 0 Å². The zero-order valence-corrected chi connectivity index (χ0v) is 14.3. The monoisotopic (exact) mass is 321 g/mol. The fourth-order valence-electron chi connectivity index (χ4n) is 2.33. The van der Waals surface area contributed by atoms with Gasteiger partial charge in [-0.05, 0) is 32.3 Å². The van der Waals surface area contributed by atoms with Crippen LogP contribution in [0, 0.1) is 11.8 Å². The number of rotatable bonds is 9. The summed E-state index contributed by atoms with van der Waals surface area (Å²) >= 11 is 0. The normalized spacial score (nSPS) is 12.3. The number of carbonyl (C=O) groups excluding carboxylic acids is 1. The molecular weight excluding hydrogens is 294 g/mol. The molecule has 5 nitrogen and oxygen atoms in total. The maximum atomic E-state index is 12.1. The van der Waals surface area contributed by atoms with Crippen LogP contribution in [-0.2, 0) is 16.0 Å². The van der Waals surface area contributed by atoms with Crippen molar-refractivity contribution < 1.29 is 19.4 Å². The van der Waals surface area contributed by atoms with E-state index < -0.39 is 11.9 Å². The van der Waals surface area contributed by atoms with Gasteiger partial charge in [-0.1, -0.05) is 32.0 Å². The number of para-hydroxylation sites is 1. The molecule has 5 heteroatoms. The van der Waals surface area contributed by atoms with Gasteiger partial charge in [0.25, 0.3) is 0 Å². The van der Waals surface area contributed by atoms with E-state index in [-0.39, 0.29) is 30.9 Å². The summed E-state index contributed by atoms with van der Waals surface area (Å²) in [6, 6.07) is 7.40. The third kappa shape index (κ3) is 7.17. The second-order valence-corrected chi connectivity index (χ2v) is 6.42. The predicted molar refractivity (Wildman–Crippen MR) is 89.5 cm³/mol. The van der Waals surface area contributed by atoms with Crippen molar-refractivity contribution in [3.05, 3.63) is 29.8 Å². The summed E-state index contributed by atoms with van der Waals surface area (Å²) in [5, 5.41) is 11.9. The SMILES string of the molecule is CC(C)CC(CNC(=O)Cc1ccccc1OC(C)C)C(=O)O. The Bertz CT molecular complexity index is 526. The molecule has 0 aliphatic heterocycles. The molecule has 0 heterocycles. The maximum absolute atomic E-state index is 12.1. The Kier molecular flexibility index (Phi) is 7.59. The minimum absolute atomic E-state index is 0.0293. The summed E-state index contributed by atoms with van der Waals surface area (Å²) in [4.78, 5) is 23.3. The van der Waals surface area contributed by atoms with Gasteiger partial charge < -0.3 is 15.2 Å². The van der Waals surface area contributed by atoms with Crippen molar-refractivity contribution in [2.24, 2.45) is 11.8 Å². The summed E-state index contributed by atoms with van der Waals surface area (Å²) in [6.45, 7) is 7.95. The molecule has 0 aromatic heterocycles. The lowest BCUT2D eigenvalue weighted by molar-refractivity contribution is -0.142. The number of benzene rings is 1. The number of aliphatic carboxylic acids is 1. The molecule has 0 spiro atoms. The van der Waals surface area contributed by atoms with E-state index in [0.29, 0.717) is 12.2 Å². The van der Waals surface area contributed by atoms with Gasteiger partial charge in [-0.15, -0.1) is 0 Å². The molecule has 0 aliphatic rings. The highest BCUT2D eigenvalue weighted by molar-refractivity contribution is 5.80. The Balaban J connectivity index is 2.61. The first kappa shape index (κ1) is 19.0. The molecule has 23 heavy (non-hydrogen) atoms. The Morgan fingerprint density at radius 1 is 1.17 bits per heavy atom. The van der Waals surface area contributed by atoms with Crippen molar-refractivity contribution >= 4 is 11.9 Å². The Hall–Kier alpha value is -2.04. The third-order valence-electron chi connectivity index (χ3n) is 3.34.